The number of aromatic nitrogens is 3. The van der Waals surface area contributed by atoms with E-state index in [1.165, 1.54) is 0 Å². The van der Waals surface area contributed by atoms with Gasteiger partial charge in [-0.05, 0) is 30.4 Å². The highest BCUT2D eigenvalue weighted by atomic mass is 35.5. The standard InChI is InChI=1S/C16H13ClN4OS/c1-22-13-7-4-6-11(9-13)15-19-20-16(23)21(15)18-10-12-5-2-3-8-14(12)17/h2-10H,1H3,(H,20,23). The zero-order valence-corrected chi connectivity index (χ0v) is 13.8. The largest absolute Gasteiger partial charge is 0.497 e. The summed E-state index contributed by atoms with van der Waals surface area (Å²) in [6.07, 6.45) is 1.65. The molecule has 1 heterocycles. The Morgan fingerprint density at radius 2 is 2.09 bits per heavy atom. The molecule has 0 bridgehead atoms. The molecule has 0 saturated heterocycles. The molecule has 0 unspecified atom stereocenters. The Morgan fingerprint density at radius 1 is 1.26 bits per heavy atom. The van der Waals surface area contributed by atoms with Crippen molar-refractivity contribution in [3.8, 4) is 17.1 Å². The van der Waals surface area contributed by atoms with E-state index in [0.717, 1.165) is 16.9 Å². The Labute approximate surface area is 143 Å². The summed E-state index contributed by atoms with van der Waals surface area (Å²) in [6.45, 7) is 0. The lowest BCUT2D eigenvalue weighted by Gasteiger charge is -2.04. The fourth-order valence-electron chi connectivity index (χ4n) is 2.05. The summed E-state index contributed by atoms with van der Waals surface area (Å²) in [6, 6.07) is 15.0. The van der Waals surface area contributed by atoms with Crippen molar-refractivity contribution in [2.45, 2.75) is 0 Å². The molecule has 0 aliphatic rings. The molecule has 5 nitrogen and oxygen atoms in total. The number of hydrogen-bond donors (Lipinski definition) is 1. The molecule has 0 radical (unpaired) electrons. The van der Waals surface area contributed by atoms with Crippen LogP contribution in [-0.4, -0.2) is 28.2 Å². The molecule has 0 aliphatic carbocycles. The number of ether oxygens (including phenoxy) is 1. The van der Waals surface area contributed by atoms with E-state index < -0.39 is 0 Å². The second-order valence-corrected chi connectivity index (χ2v) is 5.46. The summed E-state index contributed by atoms with van der Waals surface area (Å²) in [4.78, 5) is 0. The van der Waals surface area contributed by atoms with Gasteiger partial charge in [0.2, 0.25) is 4.77 Å². The van der Waals surface area contributed by atoms with E-state index in [4.69, 9.17) is 28.6 Å². The minimum Gasteiger partial charge on any atom is -0.497 e. The smallest absolute Gasteiger partial charge is 0.216 e. The van der Waals surface area contributed by atoms with Crippen molar-refractivity contribution in [1.82, 2.24) is 14.9 Å². The normalized spacial score (nSPS) is 11.0. The van der Waals surface area contributed by atoms with Crippen molar-refractivity contribution >= 4 is 30.0 Å². The number of H-pyrrole nitrogens is 1. The van der Waals surface area contributed by atoms with Crippen LogP contribution in [0.5, 0.6) is 5.75 Å². The lowest BCUT2D eigenvalue weighted by molar-refractivity contribution is 0.415. The quantitative estimate of drug-likeness (QED) is 0.571. The lowest BCUT2D eigenvalue weighted by Crippen LogP contribution is -1.95. The second kappa shape index (κ2) is 6.76. The predicted molar refractivity (Wildman–Crippen MR) is 93.8 cm³/mol. The monoisotopic (exact) mass is 344 g/mol. The van der Waals surface area contributed by atoms with Gasteiger partial charge in [0, 0.05) is 16.1 Å². The molecule has 116 valence electrons. The second-order valence-electron chi connectivity index (χ2n) is 4.66. The number of aromatic amines is 1. The maximum atomic E-state index is 6.13. The highest BCUT2D eigenvalue weighted by Gasteiger charge is 2.09. The summed E-state index contributed by atoms with van der Waals surface area (Å²) < 4.78 is 7.18. The molecule has 0 fully saturated rings. The van der Waals surface area contributed by atoms with Crippen LogP contribution >= 0.6 is 23.8 Å². The molecule has 1 aromatic heterocycles. The minimum atomic E-state index is 0.395. The van der Waals surface area contributed by atoms with E-state index >= 15 is 0 Å². The molecule has 3 rings (SSSR count). The molecule has 0 atom stereocenters. The molecule has 2 aromatic carbocycles. The highest BCUT2D eigenvalue weighted by molar-refractivity contribution is 7.71. The van der Waals surface area contributed by atoms with E-state index in [9.17, 15) is 0 Å². The molecule has 0 saturated carbocycles. The number of methoxy groups -OCH3 is 1. The zero-order chi connectivity index (χ0) is 16.2. The third-order valence-corrected chi connectivity index (χ3v) is 3.80. The van der Waals surface area contributed by atoms with Crippen LogP contribution in [0.15, 0.2) is 53.6 Å². The highest BCUT2D eigenvalue weighted by Crippen LogP contribution is 2.22. The van der Waals surface area contributed by atoms with E-state index in [1.54, 1.807) is 24.1 Å². The average molecular weight is 345 g/mol. The Balaban J connectivity index is 2.02. The van der Waals surface area contributed by atoms with Crippen LogP contribution in [0.3, 0.4) is 0 Å². The average Bonchev–Trinajstić information content (AvgIpc) is 2.95. The van der Waals surface area contributed by atoms with Crippen LogP contribution in [0, 0.1) is 4.77 Å². The Hall–Kier alpha value is -2.44. The van der Waals surface area contributed by atoms with Gasteiger partial charge < -0.3 is 4.74 Å². The number of hydrogen-bond acceptors (Lipinski definition) is 4. The third-order valence-electron chi connectivity index (χ3n) is 3.20. The van der Waals surface area contributed by atoms with Gasteiger partial charge in [-0.2, -0.15) is 14.9 Å². The van der Waals surface area contributed by atoms with Crippen LogP contribution in [0.4, 0.5) is 0 Å². The summed E-state index contributed by atoms with van der Waals surface area (Å²) in [5.41, 5.74) is 1.64. The number of benzene rings is 2. The SMILES string of the molecule is COc1cccc(-c2n[nH]c(=S)n2N=Cc2ccccc2Cl)c1. The Bertz CT molecular complexity index is 916. The van der Waals surface area contributed by atoms with Gasteiger partial charge in [0.1, 0.15) is 5.75 Å². The van der Waals surface area contributed by atoms with Crippen LogP contribution in [0.2, 0.25) is 5.02 Å². The lowest BCUT2D eigenvalue weighted by atomic mass is 10.2. The number of halogens is 1. The van der Waals surface area contributed by atoms with Crippen molar-refractivity contribution < 1.29 is 4.74 Å². The molecule has 0 amide bonds. The van der Waals surface area contributed by atoms with Gasteiger partial charge in [-0.25, -0.2) is 5.10 Å². The summed E-state index contributed by atoms with van der Waals surface area (Å²) >= 11 is 11.4. The molecule has 0 spiro atoms. The van der Waals surface area contributed by atoms with Gasteiger partial charge >= 0.3 is 0 Å². The third kappa shape index (κ3) is 3.33. The van der Waals surface area contributed by atoms with Crippen molar-refractivity contribution in [3.63, 3.8) is 0 Å². The van der Waals surface area contributed by atoms with Gasteiger partial charge in [-0.3, -0.25) is 0 Å². The fraction of sp³-hybridized carbons (Fsp3) is 0.0625. The molecule has 23 heavy (non-hydrogen) atoms. The predicted octanol–water partition coefficient (Wildman–Crippen LogP) is 4.15. The summed E-state index contributed by atoms with van der Waals surface area (Å²) in [7, 11) is 1.62. The van der Waals surface area contributed by atoms with E-state index in [1.807, 2.05) is 42.5 Å². The first-order valence-corrected chi connectivity index (χ1v) is 7.58. The van der Waals surface area contributed by atoms with Crippen LogP contribution in [-0.2, 0) is 0 Å². The topological polar surface area (TPSA) is 55.2 Å². The zero-order valence-electron chi connectivity index (χ0n) is 12.2. The van der Waals surface area contributed by atoms with Crippen molar-refractivity contribution in [1.29, 1.82) is 0 Å². The molecule has 7 heteroatoms. The number of nitrogens with zero attached hydrogens (tertiary/aromatic N) is 3. The molecule has 1 N–H and O–H groups in total. The van der Waals surface area contributed by atoms with Crippen molar-refractivity contribution in [2.75, 3.05) is 7.11 Å². The molecular formula is C16H13ClN4OS. The molecule has 3 aromatic rings. The number of rotatable bonds is 4. The van der Waals surface area contributed by atoms with E-state index in [2.05, 4.69) is 15.3 Å². The van der Waals surface area contributed by atoms with Crippen LogP contribution in [0.1, 0.15) is 5.56 Å². The maximum Gasteiger partial charge on any atom is 0.216 e. The van der Waals surface area contributed by atoms with Gasteiger partial charge in [0.25, 0.3) is 0 Å². The Kier molecular flexibility index (Phi) is 4.55. The fourth-order valence-corrected chi connectivity index (χ4v) is 2.41. The van der Waals surface area contributed by atoms with Crippen LogP contribution < -0.4 is 4.74 Å². The summed E-state index contributed by atoms with van der Waals surface area (Å²) in [5.74, 6) is 1.33. The van der Waals surface area contributed by atoms with Gasteiger partial charge in [-0.1, -0.05) is 41.9 Å². The molecular weight excluding hydrogens is 332 g/mol. The maximum absolute atomic E-state index is 6.13. The van der Waals surface area contributed by atoms with Gasteiger partial charge in [-0.15, -0.1) is 0 Å². The molecule has 0 aliphatic heterocycles. The van der Waals surface area contributed by atoms with Gasteiger partial charge in [0.05, 0.1) is 13.3 Å². The first-order valence-electron chi connectivity index (χ1n) is 6.80. The van der Waals surface area contributed by atoms with E-state index in [0.29, 0.717) is 15.6 Å². The van der Waals surface area contributed by atoms with Gasteiger partial charge in [0.15, 0.2) is 5.82 Å². The first-order chi connectivity index (χ1) is 11.2. The van der Waals surface area contributed by atoms with Crippen molar-refractivity contribution in [2.24, 2.45) is 5.10 Å². The minimum absolute atomic E-state index is 0.395. The Morgan fingerprint density at radius 3 is 2.87 bits per heavy atom. The number of nitrogens with one attached hydrogen (secondary N) is 1. The van der Waals surface area contributed by atoms with Crippen molar-refractivity contribution in [3.05, 3.63) is 63.9 Å². The first kappa shape index (κ1) is 15.5. The summed E-state index contributed by atoms with van der Waals surface area (Å²) in [5, 5.41) is 12.0. The van der Waals surface area contributed by atoms with E-state index in [-0.39, 0.29) is 0 Å². The van der Waals surface area contributed by atoms with Crippen LogP contribution in [0.25, 0.3) is 11.4 Å².